The van der Waals surface area contributed by atoms with E-state index in [2.05, 4.69) is 16.3 Å². The number of hydrogen-bond acceptors (Lipinski definition) is 6. The number of ether oxygens (including phenoxy) is 2. The van der Waals surface area contributed by atoms with Crippen molar-refractivity contribution >= 4 is 11.3 Å². The molecule has 7 heteroatoms. The van der Waals surface area contributed by atoms with Gasteiger partial charge in [0.2, 0.25) is 11.8 Å². The van der Waals surface area contributed by atoms with E-state index >= 15 is 0 Å². The number of benzene rings is 1. The Kier molecular flexibility index (Phi) is 4.34. The van der Waals surface area contributed by atoms with E-state index in [0.717, 1.165) is 27.4 Å². The Balaban J connectivity index is 1.84. The van der Waals surface area contributed by atoms with Gasteiger partial charge in [0, 0.05) is 0 Å². The molecule has 3 heterocycles. The van der Waals surface area contributed by atoms with Gasteiger partial charge in [-0.05, 0) is 43.0 Å². The maximum atomic E-state index is 9.73. The largest absolute Gasteiger partial charge is 0.491 e. The SMILES string of the molecule is CC(C)Oc1ccc([C@H]2C(C#N)=C(N)Oc3n[nH]c(-c4cccs4)c32)cc1. The van der Waals surface area contributed by atoms with Crippen molar-refractivity contribution < 1.29 is 9.47 Å². The van der Waals surface area contributed by atoms with Gasteiger partial charge in [0.25, 0.3) is 0 Å². The summed E-state index contributed by atoms with van der Waals surface area (Å²) in [5.74, 6) is 0.911. The molecular weight excluding hydrogens is 360 g/mol. The smallest absolute Gasteiger partial charge is 0.244 e. The highest BCUT2D eigenvalue weighted by molar-refractivity contribution is 7.13. The second-order valence-electron chi connectivity index (χ2n) is 6.46. The van der Waals surface area contributed by atoms with Crippen LogP contribution in [0.2, 0.25) is 0 Å². The van der Waals surface area contributed by atoms with Gasteiger partial charge in [-0.3, -0.25) is 5.10 Å². The summed E-state index contributed by atoms with van der Waals surface area (Å²) in [6, 6.07) is 13.9. The van der Waals surface area contributed by atoms with E-state index in [-0.39, 0.29) is 17.9 Å². The highest BCUT2D eigenvalue weighted by atomic mass is 32.1. The lowest BCUT2D eigenvalue weighted by atomic mass is 9.84. The Morgan fingerprint density at radius 3 is 2.70 bits per heavy atom. The monoisotopic (exact) mass is 378 g/mol. The Labute approximate surface area is 160 Å². The number of allylic oxidation sites excluding steroid dienone is 1. The molecular formula is C20H18N4O2S. The first-order chi connectivity index (χ1) is 13.1. The van der Waals surface area contributed by atoms with Crippen molar-refractivity contribution in [2.75, 3.05) is 0 Å². The van der Waals surface area contributed by atoms with Crippen LogP contribution in [-0.4, -0.2) is 16.3 Å². The van der Waals surface area contributed by atoms with Gasteiger partial charge < -0.3 is 15.2 Å². The van der Waals surface area contributed by atoms with Crippen molar-refractivity contribution in [2.45, 2.75) is 25.9 Å². The quantitative estimate of drug-likeness (QED) is 0.711. The molecule has 4 rings (SSSR count). The van der Waals surface area contributed by atoms with E-state index in [1.807, 2.05) is 55.6 Å². The minimum atomic E-state index is -0.359. The molecule has 27 heavy (non-hydrogen) atoms. The Bertz CT molecular complexity index is 1030. The third kappa shape index (κ3) is 3.04. The van der Waals surface area contributed by atoms with E-state index in [1.165, 1.54) is 0 Å². The van der Waals surface area contributed by atoms with Crippen molar-refractivity contribution in [1.82, 2.24) is 10.2 Å². The second-order valence-corrected chi connectivity index (χ2v) is 7.40. The zero-order chi connectivity index (χ0) is 19.0. The molecule has 0 fully saturated rings. The van der Waals surface area contributed by atoms with Gasteiger partial charge in [0.05, 0.1) is 28.2 Å². The molecule has 1 aliphatic heterocycles. The molecule has 0 saturated heterocycles. The van der Waals surface area contributed by atoms with E-state index in [9.17, 15) is 5.26 Å². The molecule has 136 valence electrons. The first kappa shape index (κ1) is 17.2. The van der Waals surface area contributed by atoms with Gasteiger partial charge in [0.15, 0.2) is 0 Å². The average Bonchev–Trinajstić information content (AvgIpc) is 3.30. The van der Waals surface area contributed by atoms with Crippen LogP contribution in [0.4, 0.5) is 0 Å². The Morgan fingerprint density at radius 2 is 2.07 bits per heavy atom. The molecule has 1 aliphatic rings. The fourth-order valence-electron chi connectivity index (χ4n) is 3.20. The van der Waals surface area contributed by atoms with Gasteiger partial charge in [0.1, 0.15) is 17.4 Å². The standard InChI is InChI=1S/C20H18N4O2S/c1-11(2)25-13-7-5-12(6-8-13)16-14(10-21)19(22)26-20-17(16)18(23-24-20)15-4-3-9-27-15/h3-9,11,16H,22H2,1-2H3,(H,23,24)/t16-/m0/s1. The molecule has 1 atom stereocenters. The number of hydrogen-bond donors (Lipinski definition) is 2. The zero-order valence-corrected chi connectivity index (χ0v) is 15.7. The van der Waals surface area contributed by atoms with Gasteiger partial charge in [-0.25, -0.2) is 0 Å². The molecule has 0 amide bonds. The summed E-state index contributed by atoms with van der Waals surface area (Å²) in [5, 5.41) is 19.0. The van der Waals surface area contributed by atoms with Crippen LogP contribution in [0, 0.1) is 11.3 Å². The molecule has 3 aromatic rings. The van der Waals surface area contributed by atoms with Crippen molar-refractivity contribution in [3.63, 3.8) is 0 Å². The van der Waals surface area contributed by atoms with Crippen LogP contribution in [0.3, 0.4) is 0 Å². The number of nitrogens with one attached hydrogen (secondary N) is 1. The molecule has 2 aromatic heterocycles. The molecule has 0 spiro atoms. The maximum Gasteiger partial charge on any atom is 0.244 e. The summed E-state index contributed by atoms with van der Waals surface area (Å²) in [4.78, 5) is 1.02. The molecule has 6 nitrogen and oxygen atoms in total. The average molecular weight is 378 g/mol. The van der Waals surface area contributed by atoms with E-state index < -0.39 is 0 Å². The molecule has 0 bridgehead atoms. The number of nitrogens with zero attached hydrogens (tertiary/aromatic N) is 2. The van der Waals surface area contributed by atoms with Crippen LogP contribution in [0.15, 0.2) is 53.2 Å². The maximum absolute atomic E-state index is 9.73. The lowest BCUT2D eigenvalue weighted by Gasteiger charge is -2.24. The van der Waals surface area contributed by atoms with Gasteiger partial charge in [-0.15, -0.1) is 16.4 Å². The summed E-state index contributed by atoms with van der Waals surface area (Å²) < 4.78 is 11.3. The van der Waals surface area contributed by atoms with E-state index in [4.69, 9.17) is 15.2 Å². The second kappa shape index (κ2) is 6.82. The fraction of sp³-hybridized carbons (Fsp3) is 0.200. The topological polar surface area (TPSA) is 96.9 Å². The minimum absolute atomic E-state index is 0.0849. The van der Waals surface area contributed by atoms with Crippen molar-refractivity contribution in [1.29, 1.82) is 5.26 Å². The Hall–Kier alpha value is -3.24. The molecule has 1 aromatic carbocycles. The lowest BCUT2D eigenvalue weighted by Crippen LogP contribution is -2.20. The predicted octanol–water partition coefficient (Wildman–Crippen LogP) is 4.14. The van der Waals surface area contributed by atoms with Crippen LogP contribution >= 0.6 is 11.3 Å². The first-order valence-electron chi connectivity index (χ1n) is 8.54. The van der Waals surface area contributed by atoms with Crippen LogP contribution in [0.1, 0.15) is 30.9 Å². The third-order valence-corrected chi connectivity index (χ3v) is 5.18. The molecule has 3 N–H and O–H groups in total. The number of nitriles is 1. The molecule has 0 saturated carbocycles. The van der Waals surface area contributed by atoms with Gasteiger partial charge in [-0.1, -0.05) is 18.2 Å². The number of aromatic nitrogens is 2. The minimum Gasteiger partial charge on any atom is -0.491 e. The van der Waals surface area contributed by atoms with Gasteiger partial charge >= 0.3 is 0 Å². The number of nitrogens with two attached hydrogens (primary N) is 1. The van der Waals surface area contributed by atoms with E-state index in [1.54, 1.807) is 11.3 Å². The summed E-state index contributed by atoms with van der Waals surface area (Å²) in [6.07, 6.45) is 0.0926. The normalized spacial score (nSPS) is 16.0. The van der Waals surface area contributed by atoms with Crippen molar-refractivity contribution in [3.05, 3.63) is 64.4 Å². The predicted molar refractivity (Wildman–Crippen MR) is 103 cm³/mol. The Morgan fingerprint density at radius 1 is 1.30 bits per heavy atom. The highest BCUT2D eigenvalue weighted by Crippen LogP contribution is 2.46. The summed E-state index contributed by atoms with van der Waals surface area (Å²) in [7, 11) is 0. The lowest BCUT2D eigenvalue weighted by molar-refractivity contribution is 0.242. The summed E-state index contributed by atoms with van der Waals surface area (Å²) in [6.45, 7) is 3.96. The number of rotatable bonds is 4. The highest BCUT2D eigenvalue weighted by Gasteiger charge is 2.35. The number of thiophene rings is 1. The van der Waals surface area contributed by atoms with Crippen molar-refractivity contribution in [3.8, 4) is 28.3 Å². The number of aromatic amines is 1. The zero-order valence-electron chi connectivity index (χ0n) is 14.9. The molecule has 0 aliphatic carbocycles. The van der Waals surface area contributed by atoms with E-state index in [0.29, 0.717) is 11.5 Å². The van der Waals surface area contributed by atoms with Crippen LogP contribution in [-0.2, 0) is 0 Å². The summed E-state index contributed by atoms with van der Waals surface area (Å²) >= 11 is 1.59. The number of H-pyrrole nitrogens is 1. The molecule has 0 radical (unpaired) electrons. The van der Waals surface area contributed by atoms with Crippen LogP contribution in [0.5, 0.6) is 11.6 Å². The third-order valence-electron chi connectivity index (χ3n) is 4.29. The molecule has 0 unspecified atom stereocenters. The fourth-order valence-corrected chi connectivity index (χ4v) is 3.93. The van der Waals surface area contributed by atoms with Crippen LogP contribution < -0.4 is 15.2 Å². The van der Waals surface area contributed by atoms with Crippen LogP contribution in [0.25, 0.3) is 10.6 Å². The number of fused-ring (bicyclic) bond motifs is 1. The van der Waals surface area contributed by atoms with Gasteiger partial charge in [-0.2, -0.15) is 5.26 Å². The van der Waals surface area contributed by atoms with Crippen molar-refractivity contribution in [2.24, 2.45) is 5.73 Å². The summed E-state index contributed by atoms with van der Waals surface area (Å²) in [5.41, 5.74) is 8.98. The first-order valence-corrected chi connectivity index (χ1v) is 9.42.